The fourth-order valence-electron chi connectivity index (χ4n) is 4.80. The second kappa shape index (κ2) is 22.9. The molecule has 0 radical (unpaired) electrons. The van der Waals surface area contributed by atoms with Crippen LogP contribution in [0.25, 0.3) is 11.4 Å². The molecule has 0 spiro atoms. The fraction of sp³-hybridized carbons (Fsp3) is 0.486. The molecule has 43 heavy (non-hydrogen) atoms. The zero-order chi connectivity index (χ0) is 29.1. The number of halogens is 2. The van der Waals surface area contributed by atoms with Crippen molar-refractivity contribution in [2.24, 2.45) is 0 Å². The molecule has 0 N–H and O–H groups in total. The summed E-state index contributed by atoms with van der Waals surface area (Å²) in [6.45, 7) is 12.1. The number of nitrogens with zero attached hydrogens (tertiary/aromatic N) is 4. The second-order valence-corrected chi connectivity index (χ2v) is 10.4. The largest absolute Gasteiger partial charge is 1.00 e. The Bertz CT molecular complexity index is 1240. The highest BCUT2D eigenvalue weighted by atomic mass is 79.9. The van der Waals surface area contributed by atoms with Crippen molar-refractivity contribution in [1.29, 1.82) is 0 Å². The normalized spacial score (nSPS) is 10.2. The number of rotatable bonds is 17. The molecule has 2 aromatic heterocycles. The topological polar surface area (TPSA) is 36.1 Å². The van der Waals surface area contributed by atoms with Crippen LogP contribution in [0.1, 0.15) is 85.5 Å². The van der Waals surface area contributed by atoms with E-state index in [4.69, 9.17) is 9.47 Å². The highest BCUT2D eigenvalue weighted by Crippen LogP contribution is 2.21. The summed E-state index contributed by atoms with van der Waals surface area (Å²) in [5.41, 5.74) is 2.27. The van der Waals surface area contributed by atoms with Gasteiger partial charge in [0.25, 0.3) is 0 Å². The molecule has 0 saturated heterocycles. The van der Waals surface area contributed by atoms with Crippen molar-refractivity contribution in [1.82, 2.24) is 9.13 Å². The average Bonchev–Trinajstić information content (AvgIpc) is 3.67. The monoisotopic (exact) mass is 718 g/mol. The second-order valence-electron chi connectivity index (χ2n) is 10.4. The highest BCUT2D eigenvalue weighted by molar-refractivity contribution is 5.46. The quantitative estimate of drug-likeness (QED) is 0.124. The molecule has 4 rings (SSSR count). The first-order valence-electron chi connectivity index (χ1n) is 15.8. The Morgan fingerprint density at radius 3 is 1.72 bits per heavy atom. The van der Waals surface area contributed by atoms with Gasteiger partial charge in [0.1, 0.15) is 36.2 Å². The lowest BCUT2D eigenvalue weighted by atomic mass is 10.1. The SMILES string of the molecule is CCCCCCC[n+]1ccn(-c2ccccc2OCC)c1.CCCCCC[n+]1ccn(-c2ccc(OCC)cc2)c1.[Br-].[Br-]. The average molecular weight is 721 g/mol. The van der Waals surface area contributed by atoms with Crippen LogP contribution in [0.5, 0.6) is 11.5 Å². The Morgan fingerprint density at radius 1 is 0.581 bits per heavy atom. The van der Waals surface area contributed by atoms with E-state index in [0.717, 1.165) is 30.3 Å². The van der Waals surface area contributed by atoms with Crippen molar-refractivity contribution in [3.8, 4) is 22.9 Å². The zero-order valence-corrected chi connectivity index (χ0v) is 29.8. The minimum absolute atomic E-state index is 0. The van der Waals surface area contributed by atoms with E-state index in [0.29, 0.717) is 13.2 Å². The van der Waals surface area contributed by atoms with Gasteiger partial charge in [0.05, 0.1) is 26.3 Å². The molecular formula is C35H52Br2N4O2. The van der Waals surface area contributed by atoms with Crippen molar-refractivity contribution in [2.75, 3.05) is 13.2 Å². The molecule has 0 aliphatic rings. The third-order valence-electron chi connectivity index (χ3n) is 7.06. The van der Waals surface area contributed by atoms with Crippen LogP contribution in [0.2, 0.25) is 0 Å². The summed E-state index contributed by atoms with van der Waals surface area (Å²) in [4.78, 5) is 0. The van der Waals surface area contributed by atoms with E-state index in [1.165, 1.54) is 63.5 Å². The first-order valence-corrected chi connectivity index (χ1v) is 15.8. The van der Waals surface area contributed by atoms with Crippen LogP contribution >= 0.6 is 0 Å². The summed E-state index contributed by atoms with van der Waals surface area (Å²) >= 11 is 0. The maximum absolute atomic E-state index is 5.70. The fourth-order valence-corrected chi connectivity index (χ4v) is 4.80. The molecule has 0 atom stereocenters. The number of para-hydroxylation sites is 2. The van der Waals surface area contributed by atoms with Gasteiger partial charge >= 0.3 is 0 Å². The molecule has 0 aliphatic heterocycles. The summed E-state index contributed by atoms with van der Waals surface area (Å²) in [5.74, 6) is 1.86. The van der Waals surface area contributed by atoms with Crippen molar-refractivity contribution in [3.05, 3.63) is 86.0 Å². The molecule has 0 amide bonds. The molecular weight excluding hydrogens is 668 g/mol. The van der Waals surface area contributed by atoms with Crippen LogP contribution in [-0.4, -0.2) is 22.3 Å². The van der Waals surface area contributed by atoms with E-state index in [2.05, 4.69) is 87.8 Å². The van der Waals surface area contributed by atoms with E-state index >= 15 is 0 Å². The number of ether oxygens (including phenoxy) is 2. The van der Waals surface area contributed by atoms with Crippen molar-refractivity contribution < 1.29 is 52.6 Å². The van der Waals surface area contributed by atoms with Gasteiger partial charge in [0.2, 0.25) is 12.7 Å². The molecule has 2 heterocycles. The lowest BCUT2D eigenvalue weighted by Gasteiger charge is -2.05. The van der Waals surface area contributed by atoms with Gasteiger partial charge in [0.15, 0.2) is 11.4 Å². The van der Waals surface area contributed by atoms with Gasteiger partial charge in [-0.1, -0.05) is 58.1 Å². The molecule has 238 valence electrons. The van der Waals surface area contributed by atoms with Crippen LogP contribution in [0.15, 0.2) is 86.0 Å². The van der Waals surface area contributed by atoms with E-state index in [1.807, 2.05) is 44.2 Å². The molecule has 4 aromatic rings. The molecule has 0 unspecified atom stereocenters. The van der Waals surface area contributed by atoms with E-state index in [-0.39, 0.29) is 34.0 Å². The maximum Gasteiger partial charge on any atom is 0.249 e. The Morgan fingerprint density at radius 2 is 1.12 bits per heavy atom. The standard InChI is InChI=1S/C18H27N2O.C17H25N2O.2BrH/c1-3-5-6-7-10-13-19-14-15-20(16-19)17-11-8-9-12-18(17)21-4-2;1-3-5-6-7-12-18-13-14-19(15-18)16-8-10-17(11-9-16)20-4-2;;/h8-9,11-12,14-16H,3-7,10,13H2,1-2H3;8-11,13-15H,3-7,12H2,1-2H3;2*1H/q2*+1;;/p-2. The van der Waals surface area contributed by atoms with Crippen molar-refractivity contribution in [2.45, 2.75) is 98.6 Å². The molecule has 0 bridgehead atoms. The third kappa shape index (κ3) is 13.7. The molecule has 8 heteroatoms. The Labute approximate surface area is 281 Å². The Kier molecular flexibility index (Phi) is 20.5. The van der Waals surface area contributed by atoms with Gasteiger partial charge in [0, 0.05) is 0 Å². The number of aromatic nitrogens is 4. The minimum atomic E-state index is 0. The summed E-state index contributed by atoms with van der Waals surface area (Å²) in [6.07, 6.45) is 24.6. The van der Waals surface area contributed by atoms with Gasteiger partial charge in [-0.05, 0) is 75.9 Å². The van der Waals surface area contributed by atoms with Crippen LogP contribution in [-0.2, 0) is 13.1 Å². The Balaban J connectivity index is 0.000000411. The van der Waals surface area contributed by atoms with E-state index < -0.39 is 0 Å². The highest BCUT2D eigenvalue weighted by Gasteiger charge is 2.11. The zero-order valence-electron chi connectivity index (χ0n) is 26.6. The van der Waals surface area contributed by atoms with Crippen molar-refractivity contribution >= 4 is 0 Å². The smallest absolute Gasteiger partial charge is 0.249 e. The maximum atomic E-state index is 5.70. The number of aryl methyl sites for hydroxylation is 2. The number of unbranched alkanes of at least 4 members (excludes halogenated alkanes) is 7. The summed E-state index contributed by atoms with van der Waals surface area (Å²) < 4.78 is 20.0. The van der Waals surface area contributed by atoms with Gasteiger partial charge < -0.3 is 43.4 Å². The van der Waals surface area contributed by atoms with Crippen LogP contribution in [0, 0.1) is 0 Å². The molecule has 0 fully saturated rings. The van der Waals surface area contributed by atoms with Gasteiger partial charge in [-0.15, -0.1) is 0 Å². The predicted octanol–water partition coefficient (Wildman–Crippen LogP) is 1.89. The molecule has 0 aliphatic carbocycles. The predicted molar refractivity (Wildman–Crippen MR) is 167 cm³/mol. The molecule has 0 saturated carbocycles. The van der Waals surface area contributed by atoms with Crippen LogP contribution in [0.4, 0.5) is 0 Å². The molecule has 2 aromatic carbocycles. The van der Waals surface area contributed by atoms with E-state index in [1.54, 1.807) is 0 Å². The van der Waals surface area contributed by atoms with Gasteiger partial charge in [-0.25, -0.2) is 13.7 Å². The first-order chi connectivity index (χ1) is 20.2. The number of benzene rings is 2. The third-order valence-corrected chi connectivity index (χ3v) is 7.06. The summed E-state index contributed by atoms with van der Waals surface area (Å²) in [7, 11) is 0. The van der Waals surface area contributed by atoms with Crippen molar-refractivity contribution in [3.63, 3.8) is 0 Å². The van der Waals surface area contributed by atoms with Gasteiger partial charge in [-0.2, -0.15) is 4.57 Å². The minimum Gasteiger partial charge on any atom is -1.00 e. The first kappa shape index (κ1) is 38.4. The lowest BCUT2D eigenvalue weighted by molar-refractivity contribution is -0.696. The number of imidazole rings is 2. The van der Waals surface area contributed by atoms with Crippen LogP contribution < -0.4 is 52.6 Å². The van der Waals surface area contributed by atoms with Crippen LogP contribution in [0.3, 0.4) is 0 Å². The number of hydrogen-bond donors (Lipinski definition) is 0. The Hall–Kier alpha value is -2.58. The summed E-state index contributed by atoms with van der Waals surface area (Å²) in [6, 6.07) is 16.4. The molecule has 6 nitrogen and oxygen atoms in total. The number of hydrogen-bond acceptors (Lipinski definition) is 2. The summed E-state index contributed by atoms with van der Waals surface area (Å²) in [5, 5.41) is 0. The lowest BCUT2D eigenvalue weighted by Crippen LogP contribution is -3.00. The van der Waals surface area contributed by atoms with Gasteiger partial charge in [-0.3, -0.25) is 0 Å². The van der Waals surface area contributed by atoms with E-state index in [9.17, 15) is 0 Å².